The van der Waals surface area contributed by atoms with Crippen molar-refractivity contribution in [3.8, 4) is 23.0 Å². The molecule has 0 atom stereocenters. The smallest absolute Gasteiger partial charge is 0.439 e. The van der Waals surface area contributed by atoms with E-state index in [1.165, 1.54) is 0 Å². The molecule has 3 aromatic rings. The Labute approximate surface area is 184 Å². The molecule has 1 fully saturated rings. The second-order valence-electron chi connectivity index (χ2n) is 6.68. The lowest BCUT2D eigenvalue weighted by atomic mass is 10.3. The molecule has 0 saturated carbocycles. The summed E-state index contributed by atoms with van der Waals surface area (Å²) in [7, 11) is 0. The van der Waals surface area contributed by atoms with E-state index in [0.717, 1.165) is 19.6 Å². The van der Waals surface area contributed by atoms with E-state index in [0.29, 0.717) is 36.9 Å². The van der Waals surface area contributed by atoms with E-state index in [1.54, 1.807) is 35.4 Å². The number of nitrogens with zero attached hydrogens (tertiary/aromatic N) is 4. The molecule has 3 heterocycles. The largest absolute Gasteiger partial charge is 0.491 e. The fourth-order valence-corrected chi connectivity index (χ4v) is 3.05. The fraction of sp³-hybridized carbons (Fsp3) is 0.300. The van der Waals surface area contributed by atoms with E-state index in [9.17, 15) is 9.59 Å². The minimum atomic E-state index is -0.624. The van der Waals surface area contributed by atoms with Crippen molar-refractivity contribution in [2.45, 2.75) is 0 Å². The summed E-state index contributed by atoms with van der Waals surface area (Å²) in [5.41, 5.74) is 0.492. The summed E-state index contributed by atoms with van der Waals surface area (Å²) >= 11 is 0. The Morgan fingerprint density at radius 2 is 1.84 bits per heavy atom. The van der Waals surface area contributed by atoms with Crippen LogP contribution in [0.2, 0.25) is 0 Å². The minimum absolute atomic E-state index is 0. The molecule has 1 aliphatic rings. The Kier molecular flexibility index (Phi) is 7.63. The van der Waals surface area contributed by atoms with E-state index >= 15 is 0 Å². The van der Waals surface area contributed by atoms with Gasteiger partial charge in [0.1, 0.15) is 23.8 Å². The Balaban J connectivity index is 0.00000272. The summed E-state index contributed by atoms with van der Waals surface area (Å²) in [6.07, 6.45) is 1.25. The Morgan fingerprint density at radius 1 is 1.06 bits per heavy atom. The first-order chi connectivity index (χ1) is 14.7. The van der Waals surface area contributed by atoms with Crippen LogP contribution in [0.15, 0.2) is 58.0 Å². The quantitative estimate of drug-likeness (QED) is 0.610. The number of ether oxygens (including phenoxy) is 2. The minimum Gasteiger partial charge on any atom is -0.491 e. The summed E-state index contributed by atoms with van der Waals surface area (Å²) in [4.78, 5) is 33.8. The lowest BCUT2D eigenvalue weighted by Crippen LogP contribution is -2.50. The highest BCUT2D eigenvalue weighted by atomic mass is 35.5. The lowest BCUT2D eigenvalue weighted by Gasteiger charge is -2.33. The van der Waals surface area contributed by atoms with Crippen molar-refractivity contribution in [2.24, 2.45) is 0 Å². The number of carbonyl (C=O) groups is 1. The predicted octanol–water partition coefficient (Wildman–Crippen LogP) is 2.04. The second kappa shape index (κ2) is 10.6. The number of hydrogen-bond acceptors (Lipinski definition) is 8. The maximum atomic E-state index is 12.2. The molecule has 11 heteroatoms. The van der Waals surface area contributed by atoms with E-state index in [4.69, 9.17) is 9.47 Å². The van der Waals surface area contributed by atoms with Crippen molar-refractivity contribution in [3.63, 3.8) is 0 Å². The number of H-pyrrole nitrogens is 1. The van der Waals surface area contributed by atoms with E-state index in [2.05, 4.69) is 24.5 Å². The van der Waals surface area contributed by atoms with E-state index in [1.807, 2.05) is 18.2 Å². The molecule has 0 radical (unpaired) electrons. The average Bonchev–Trinajstić information content (AvgIpc) is 3.22. The number of benzene rings is 1. The van der Waals surface area contributed by atoms with Crippen LogP contribution in [0, 0.1) is 0 Å². The van der Waals surface area contributed by atoms with Crippen molar-refractivity contribution < 1.29 is 18.8 Å². The van der Waals surface area contributed by atoms with Crippen LogP contribution >= 0.6 is 12.4 Å². The van der Waals surface area contributed by atoms with Gasteiger partial charge >= 0.3 is 11.8 Å². The fourth-order valence-electron chi connectivity index (χ4n) is 3.05. The molecule has 2 aromatic heterocycles. The van der Waals surface area contributed by atoms with Gasteiger partial charge in [0, 0.05) is 32.7 Å². The zero-order valence-corrected chi connectivity index (χ0v) is 17.4. The number of rotatable bonds is 6. The number of aromatic nitrogens is 3. The Bertz CT molecular complexity index is 1020. The number of nitrogens with one attached hydrogen (secondary N) is 1. The van der Waals surface area contributed by atoms with Crippen LogP contribution in [0.3, 0.4) is 0 Å². The first kappa shape index (κ1) is 22.3. The van der Waals surface area contributed by atoms with Crippen molar-refractivity contribution in [1.82, 2.24) is 24.9 Å². The third-order valence-corrected chi connectivity index (χ3v) is 4.67. The van der Waals surface area contributed by atoms with E-state index in [-0.39, 0.29) is 24.3 Å². The summed E-state index contributed by atoms with van der Waals surface area (Å²) in [6.45, 7) is 3.96. The van der Waals surface area contributed by atoms with Crippen LogP contribution in [0.4, 0.5) is 4.79 Å². The van der Waals surface area contributed by atoms with Crippen molar-refractivity contribution in [1.29, 1.82) is 0 Å². The molecule has 1 aliphatic heterocycles. The third-order valence-electron chi connectivity index (χ3n) is 4.67. The van der Waals surface area contributed by atoms with Crippen LogP contribution in [-0.2, 0) is 0 Å². The van der Waals surface area contributed by atoms with Gasteiger partial charge in [-0.3, -0.25) is 14.4 Å². The molecule has 1 N–H and O–H groups in total. The van der Waals surface area contributed by atoms with Gasteiger partial charge in [0.15, 0.2) is 0 Å². The molecule has 0 spiro atoms. The first-order valence-corrected chi connectivity index (χ1v) is 9.57. The van der Waals surface area contributed by atoms with Gasteiger partial charge < -0.3 is 14.4 Å². The molecular formula is C20H22ClN5O5. The summed E-state index contributed by atoms with van der Waals surface area (Å²) in [6, 6.07) is 12.5. The van der Waals surface area contributed by atoms with Gasteiger partial charge in [0.05, 0.1) is 6.20 Å². The highest BCUT2D eigenvalue weighted by Crippen LogP contribution is 2.15. The van der Waals surface area contributed by atoms with Crippen molar-refractivity contribution >= 4 is 18.5 Å². The van der Waals surface area contributed by atoms with Gasteiger partial charge in [-0.1, -0.05) is 23.4 Å². The van der Waals surface area contributed by atoms with Gasteiger partial charge in [0.2, 0.25) is 5.82 Å². The van der Waals surface area contributed by atoms with Gasteiger partial charge in [0.25, 0.3) is 0 Å². The van der Waals surface area contributed by atoms with Crippen LogP contribution in [0.25, 0.3) is 11.5 Å². The number of halogens is 1. The summed E-state index contributed by atoms with van der Waals surface area (Å²) in [5, 5.41) is 3.59. The first-order valence-electron chi connectivity index (χ1n) is 9.57. The topological polar surface area (TPSA) is 114 Å². The van der Waals surface area contributed by atoms with Crippen molar-refractivity contribution in [2.75, 3.05) is 39.3 Å². The van der Waals surface area contributed by atoms with Crippen LogP contribution < -0.4 is 15.2 Å². The Morgan fingerprint density at radius 3 is 2.48 bits per heavy atom. The van der Waals surface area contributed by atoms with Crippen LogP contribution in [0.1, 0.15) is 0 Å². The number of amides is 1. The number of aromatic amines is 1. The summed E-state index contributed by atoms with van der Waals surface area (Å²) in [5.74, 6) is 0.818. The maximum Gasteiger partial charge on any atom is 0.439 e. The molecule has 0 bridgehead atoms. The highest BCUT2D eigenvalue weighted by molar-refractivity contribution is 5.85. The monoisotopic (exact) mass is 447 g/mol. The second-order valence-corrected chi connectivity index (χ2v) is 6.68. The molecule has 31 heavy (non-hydrogen) atoms. The zero-order valence-electron chi connectivity index (χ0n) is 16.6. The SMILES string of the molecule is Cl.O=C(Oc1ccccc1)N1CCN(CCOc2ccc(-c3noc(=O)[nH]3)nc2)CC1. The molecular weight excluding hydrogens is 426 g/mol. The standard InChI is InChI=1S/C20H21N5O5.ClH/c26-19-22-18(23-30-19)17-7-6-16(14-21-17)28-13-12-24-8-10-25(11-9-24)20(27)29-15-4-2-1-3-5-15;/h1-7,14H,8-13H2,(H,22,23,26);1H. The third kappa shape index (κ3) is 6.06. The molecule has 10 nitrogen and oxygen atoms in total. The van der Waals surface area contributed by atoms with Crippen LogP contribution in [-0.4, -0.2) is 70.3 Å². The molecule has 1 amide bonds. The van der Waals surface area contributed by atoms with Gasteiger partial charge in [-0.25, -0.2) is 14.6 Å². The maximum absolute atomic E-state index is 12.2. The van der Waals surface area contributed by atoms with E-state index < -0.39 is 5.76 Å². The molecule has 0 aliphatic carbocycles. The highest BCUT2D eigenvalue weighted by Gasteiger charge is 2.22. The average molecular weight is 448 g/mol. The molecule has 164 valence electrons. The number of pyridine rings is 1. The molecule has 4 rings (SSSR count). The zero-order chi connectivity index (χ0) is 20.8. The normalized spacial score (nSPS) is 14.0. The van der Waals surface area contributed by atoms with Crippen LogP contribution in [0.5, 0.6) is 11.5 Å². The number of hydrogen-bond donors (Lipinski definition) is 1. The van der Waals surface area contributed by atoms with Crippen molar-refractivity contribution in [3.05, 3.63) is 59.2 Å². The predicted molar refractivity (Wildman–Crippen MR) is 114 cm³/mol. The molecule has 0 unspecified atom stereocenters. The van der Waals surface area contributed by atoms with Gasteiger partial charge in [-0.15, -0.1) is 12.4 Å². The lowest BCUT2D eigenvalue weighted by molar-refractivity contribution is 0.103. The number of para-hydroxylation sites is 1. The van der Waals surface area contributed by atoms with Gasteiger partial charge in [-0.05, 0) is 24.3 Å². The Hall–Kier alpha value is -3.37. The molecule has 1 aromatic carbocycles. The molecule has 1 saturated heterocycles. The van der Waals surface area contributed by atoms with Gasteiger partial charge in [-0.2, -0.15) is 0 Å². The summed E-state index contributed by atoms with van der Waals surface area (Å²) < 4.78 is 15.6. The number of carbonyl (C=O) groups excluding carboxylic acids is 1. The number of piperazine rings is 1.